The van der Waals surface area contributed by atoms with Crippen molar-refractivity contribution in [3.8, 4) is 16.9 Å². The molecule has 11 rings (SSSR count). The Bertz CT molecular complexity index is 3230. The van der Waals surface area contributed by atoms with Crippen LogP contribution in [0.5, 0.6) is 5.75 Å². The number of fused-ring (bicyclic) bond motifs is 3. The number of carbonyl (C=O) groups is 4. The summed E-state index contributed by atoms with van der Waals surface area (Å²) in [6.45, 7) is 7.84. The van der Waals surface area contributed by atoms with Crippen molar-refractivity contribution < 1.29 is 29.0 Å². The van der Waals surface area contributed by atoms with Gasteiger partial charge in [-0.05, 0) is 147 Å². The lowest BCUT2D eigenvalue weighted by Gasteiger charge is -2.34. The van der Waals surface area contributed by atoms with Gasteiger partial charge in [-0.3, -0.25) is 29.9 Å². The van der Waals surface area contributed by atoms with Crippen LogP contribution >= 0.6 is 11.3 Å². The number of thiazole rings is 1. The third kappa shape index (κ3) is 10.4. The molecular weight excluding hydrogens is 939 g/mol. The molecule has 6 heterocycles. The maximum atomic E-state index is 13.7. The van der Waals surface area contributed by atoms with E-state index in [1.54, 1.807) is 0 Å². The first kappa shape index (κ1) is 47.9. The SMILES string of the molecule is Cc1c(OC2CCC(/C=C/CCCN3CCN(c4nc5ccc(C6CCC(=O)NC6=O)cc5[nH]4)CC3)CC2)cccc1-c1ccc(N2CCc3cccc(C(=O)Nc4nc5ccccc5s4)c3C2)nc1C(=O)O. The van der Waals surface area contributed by atoms with E-state index in [1.165, 1.54) is 11.3 Å². The number of imide groups is 1. The van der Waals surface area contributed by atoms with Crippen molar-refractivity contribution in [2.24, 2.45) is 5.92 Å². The topological polar surface area (TPSA) is 186 Å². The van der Waals surface area contributed by atoms with E-state index in [0.717, 1.165) is 132 Å². The lowest BCUT2D eigenvalue weighted by Crippen LogP contribution is -2.47. The fourth-order valence-electron chi connectivity index (χ4n) is 11.0. The number of carbonyl (C=O) groups excluding carboxylic acids is 3. The number of pyridine rings is 1. The number of carboxylic acids is 1. The zero-order valence-electron chi connectivity index (χ0n) is 40.9. The van der Waals surface area contributed by atoms with Gasteiger partial charge in [0.05, 0.1) is 33.3 Å². The molecule has 3 aromatic heterocycles. The van der Waals surface area contributed by atoms with Crippen molar-refractivity contribution in [1.82, 2.24) is 30.2 Å². The van der Waals surface area contributed by atoms with Crippen molar-refractivity contribution in [3.63, 3.8) is 0 Å². The highest BCUT2D eigenvalue weighted by atomic mass is 32.1. The molecule has 1 atom stereocenters. The van der Waals surface area contributed by atoms with Gasteiger partial charge < -0.3 is 24.6 Å². The molecule has 3 amide bonds. The molecule has 7 aromatic rings. The van der Waals surface area contributed by atoms with E-state index < -0.39 is 5.97 Å². The average Bonchev–Trinajstić information content (AvgIpc) is 4.03. The molecule has 3 aliphatic heterocycles. The van der Waals surface area contributed by atoms with Crippen LogP contribution in [0.1, 0.15) is 100 Å². The van der Waals surface area contributed by atoms with E-state index in [1.807, 2.05) is 103 Å². The summed E-state index contributed by atoms with van der Waals surface area (Å²) < 4.78 is 7.65. The Labute approximate surface area is 427 Å². The number of para-hydroxylation sites is 1. The Morgan fingerprint density at radius 1 is 0.836 bits per heavy atom. The molecule has 16 heteroatoms. The van der Waals surface area contributed by atoms with E-state index in [0.29, 0.717) is 60.3 Å². The first-order chi connectivity index (χ1) is 35.6. The molecule has 15 nitrogen and oxygen atoms in total. The molecular formula is C57H59N9O6S. The molecule has 73 heavy (non-hydrogen) atoms. The number of ether oxygens (including phenoxy) is 1. The van der Waals surface area contributed by atoms with Gasteiger partial charge in [0.2, 0.25) is 17.8 Å². The summed E-state index contributed by atoms with van der Waals surface area (Å²) in [4.78, 5) is 75.1. The smallest absolute Gasteiger partial charge is 0.355 e. The maximum absolute atomic E-state index is 13.7. The number of hydrogen-bond acceptors (Lipinski definition) is 12. The summed E-state index contributed by atoms with van der Waals surface area (Å²) in [7, 11) is 0. The highest BCUT2D eigenvalue weighted by molar-refractivity contribution is 7.22. The van der Waals surface area contributed by atoms with Gasteiger partial charge in [-0.1, -0.05) is 66.0 Å². The van der Waals surface area contributed by atoms with E-state index in [4.69, 9.17) is 14.7 Å². The van der Waals surface area contributed by atoms with Gasteiger partial charge >= 0.3 is 5.97 Å². The van der Waals surface area contributed by atoms with Gasteiger partial charge in [-0.2, -0.15) is 0 Å². The van der Waals surface area contributed by atoms with E-state index in [9.17, 15) is 24.3 Å². The number of aromatic amines is 1. The summed E-state index contributed by atoms with van der Waals surface area (Å²) in [6.07, 6.45) is 12.6. The summed E-state index contributed by atoms with van der Waals surface area (Å²) in [5, 5.41) is 16.5. The normalized spacial score (nSPS) is 19.6. The molecule has 0 bridgehead atoms. The number of H-pyrrole nitrogens is 1. The highest BCUT2D eigenvalue weighted by Crippen LogP contribution is 2.37. The molecule has 1 aliphatic carbocycles. The number of allylic oxidation sites excluding steroid dienone is 2. The second-order valence-corrected chi connectivity index (χ2v) is 20.8. The second kappa shape index (κ2) is 21.0. The number of rotatable bonds is 14. The maximum Gasteiger partial charge on any atom is 0.355 e. The fourth-order valence-corrected chi connectivity index (χ4v) is 11.9. The third-order valence-corrected chi connectivity index (χ3v) is 16.0. The van der Waals surface area contributed by atoms with Crippen molar-refractivity contribution in [2.45, 2.75) is 83.3 Å². The molecule has 1 unspecified atom stereocenters. The van der Waals surface area contributed by atoms with Gasteiger partial charge in [0, 0.05) is 56.8 Å². The number of unbranched alkanes of at least 4 members (excludes halogenated alkanes) is 1. The summed E-state index contributed by atoms with van der Waals surface area (Å²) >= 11 is 1.44. The predicted molar refractivity (Wildman–Crippen MR) is 285 cm³/mol. The number of piperidine rings is 1. The van der Waals surface area contributed by atoms with Gasteiger partial charge in [0.25, 0.3) is 5.91 Å². The van der Waals surface area contributed by atoms with E-state index in [-0.39, 0.29) is 35.4 Å². The number of benzene rings is 4. The van der Waals surface area contributed by atoms with Crippen LogP contribution in [0.2, 0.25) is 0 Å². The van der Waals surface area contributed by atoms with Crippen LogP contribution in [0, 0.1) is 12.8 Å². The molecule has 0 radical (unpaired) electrons. The number of aromatic carboxylic acids is 1. The molecule has 3 fully saturated rings. The number of aromatic nitrogens is 4. The van der Waals surface area contributed by atoms with Crippen molar-refractivity contribution in [3.05, 3.63) is 137 Å². The molecule has 4 N–H and O–H groups in total. The minimum absolute atomic E-state index is 0.0232. The van der Waals surface area contributed by atoms with Crippen LogP contribution in [-0.2, 0) is 22.6 Å². The lowest BCUT2D eigenvalue weighted by molar-refractivity contribution is -0.134. The van der Waals surface area contributed by atoms with Crippen LogP contribution in [0.3, 0.4) is 0 Å². The van der Waals surface area contributed by atoms with Gasteiger partial charge in [0.1, 0.15) is 11.6 Å². The zero-order valence-corrected chi connectivity index (χ0v) is 41.8. The van der Waals surface area contributed by atoms with Crippen LogP contribution in [0.15, 0.2) is 103 Å². The zero-order chi connectivity index (χ0) is 50.0. The molecule has 1 saturated carbocycles. The van der Waals surface area contributed by atoms with Crippen LogP contribution in [0.25, 0.3) is 32.4 Å². The lowest BCUT2D eigenvalue weighted by atomic mass is 9.87. The number of carboxylic acid groups (broad SMARTS) is 1. The quantitative estimate of drug-likeness (QED) is 0.0460. The number of nitrogens with one attached hydrogen (secondary N) is 3. The van der Waals surface area contributed by atoms with E-state index >= 15 is 0 Å². The summed E-state index contributed by atoms with van der Waals surface area (Å²) in [5.74, 6) is 0.621. The van der Waals surface area contributed by atoms with Crippen molar-refractivity contribution >= 4 is 73.2 Å². The predicted octanol–water partition coefficient (Wildman–Crippen LogP) is 9.67. The molecule has 374 valence electrons. The number of piperazine rings is 1. The number of hydrogen-bond donors (Lipinski definition) is 4. The Hall–Kier alpha value is -7.43. The highest BCUT2D eigenvalue weighted by Gasteiger charge is 2.30. The minimum atomic E-state index is -1.10. The summed E-state index contributed by atoms with van der Waals surface area (Å²) in [5.41, 5.74) is 8.25. The Balaban J connectivity index is 0.645. The number of imidazole rings is 1. The van der Waals surface area contributed by atoms with Crippen LogP contribution < -0.4 is 25.2 Å². The number of anilines is 3. The van der Waals surface area contributed by atoms with Crippen molar-refractivity contribution in [2.75, 3.05) is 54.4 Å². The van der Waals surface area contributed by atoms with Gasteiger partial charge in [-0.25, -0.2) is 19.7 Å². The molecule has 4 aromatic carbocycles. The third-order valence-electron chi connectivity index (χ3n) is 15.1. The Morgan fingerprint density at radius 2 is 1.67 bits per heavy atom. The largest absolute Gasteiger partial charge is 0.490 e. The monoisotopic (exact) mass is 997 g/mol. The van der Waals surface area contributed by atoms with Crippen LogP contribution in [-0.4, -0.2) is 99.0 Å². The number of nitrogens with zero attached hydrogens (tertiary/aromatic N) is 6. The minimum Gasteiger partial charge on any atom is -0.490 e. The average molecular weight is 998 g/mol. The standard InChI is InChI=1S/C57H59N9O6S/c1-35-40(42-21-24-50(61-52(42)55(70)71)66-28-26-37-10-7-12-43(44(37)34-66)54(69)63-57-60-46-13-4-5-15-49(46)73-57)11-8-14-48(35)72-39-19-16-36(17-20-39)9-3-2-6-27-64-29-31-65(32-30-64)56-58-45-23-18-38(33-47(45)59-56)41-22-25-51(67)62-53(41)68/h3-5,7-15,18,21,23-24,33,36,39,41H,2,6,16-17,19-20,22,25-32,34H2,1H3,(H,58,59)(H,70,71)(H,60,63,69)(H,62,67,68)/b9-3+. The number of amides is 3. The first-order valence-electron chi connectivity index (χ1n) is 25.6. The Morgan fingerprint density at radius 3 is 2.49 bits per heavy atom. The Kier molecular flexibility index (Phi) is 13.7. The second-order valence-electron chi connectivity index (χ2n) is 19.7. The van der Waals surface area contributed by atoms with Gasteiger partial charge in [-0.15, -0.1) is 0 Å². The molecule has 4 aliphatic rings. The molecule has 2 saturated heterocycles. The van der Waals surface area contributed by atoms with E-state index in [2.05, 4.69) is 42.6 Å². The molecule has 0 spiro atoms. The summed E-state index contributed by atoms with van der Waals surface area (Å²) in [6, 6.07) is 29.1. The van der Waals surface area contributed by atoms with Crippen LogP contribution in [0.4, 0.5) is 16.9 Å². The van der Waals surface area contributed by atoms with Gasteiger partial charge in [0.15, 0.2) is 10.8 Å². The first-order valence-corrected chi connectivity index (χ1v) is 26.4. The van der Waals surface area contributed by atoms with Crippen molar-refractivity contribution in [1.29, 1.82) is 0 Å². The fraction of sp³-hybridized carbons (Fsp3) is 0.351.